The second-order valence-electron chi connectivity index (χ2n) is 22.3. The monoisotopic (exact) mass is 1070 g/mol. The molecule has 83 heavy (non-hydrogen) atoms. The SMILES string of the molecule is c1ccc(-n2c3ccccc3c3cc(-c4ccc5c(c4)c4cc(N6c7ccccc7[Si](c7ccccc7)(c7ccccc7)c7cc8c(cc76)oc6cc7c9ccccc9c9ccccc9c7cc68)ccc4n5-c4ccccc4)ccc32)cc1. The topological polar surface area (TPSA) is 26.2 Å². The Morgan fingerprint density at radius 2 is 0.675 bits per heavy atom. The van der Waals surface area contributed by atoms with Crippen molar-refractivity contribution in [3.8, 4) is 22.5 Å². The van der Waals surface area contributed by atoms with E-state index in [1.54, 1.807) is 0 Å². The summed E-state index contributed by atoms with van der Waals surface area (Å²) in [6, 6.07) is 111. The number of aromatic nitrogens is 2. The third-order valence-electron chi connectivity index (χ3n) is 18.1. The molecule has 0 saturated heterocycles. The highest BCUT2D eigenvalue weighted by Crippen LogP contribution is 2.46. The van der Waals surface area contributed by atoms with Crippen molar-refractivity contribution in [2.75, 3.05) is 4.90 Å². The predicted molar refractivity (Wildman–Crippen MR) is 352 cm³/mol. The molecule has 0 N–H and O–H groups in total. The van der Waals surface area contributed by atoms with Gasteiger partial charge in [-0.2, -0.15) is 0 Å². The molecule has 0 unspecified atom stereocenters. The van der Waals surface area contributed by atoms with E-state index in [0.717, 1.165) is 55.7 Å². The molecular weight excluding hydrogens is 1020 g/mol. The highest BCUT2D eigenvalue weighted by Gasteiger charge is 2.49. The van der Waals surface area contributed by atoms with E-state index in [1.807, 2.05) is 0 Å². The van der Waals surface area contributed by atoms with Crippen molar-refractivity contribution in [3.05, 3.63) is 297 Å². The fraction of sp³-hybridized carbons (Fsp3) is 0. The Hall–Kier alpha value is -10.7. The lowest BCUT2D eigenvalue weighted by Crippen LogP contribution is -2.77. The zero-order valence-corrected chi connectivity index (χ0v) is 46.0. The summed E-state index contributed by atoms with van der Waals surface area (Å²) in [7, 11) is -3.09. The number of para-hydroxylation sites is 4. The first-order chi connectivity index (χ1) is 41.2. The molecule has 0 aliphatic carbocycles. The fourth-order valence-electron chi connectivity index (χ4n) is 14.6. The van der Waals surface area contributed by atoms with Gasteiger partial charge in [-0.3, -0.25) is 0 Å². The Morgan fingerprint density at radius 1 is 0.241 bits per heavy atom. The zero-order valence-electron chi connectivity index (χ0n) is 45.0. The van der Waals surface area contributed by atoms with Gasteiger partial charge in [0.1, 0.15) is 11.2 Å². The minimum Gasteiger partial charge on any atom is -0.456 e. The molecule has 0 amide bonds. The van der Waals surface area contributed by atoms with Gasteiger partial charge in [-0.05, 0) is 161 Å². The summed E-state index contributed by atoms with van der Waals surface area (Å²) >= 11 is 0. The summed E-state index contributed by atoms with van der Waals surface area (Å²) in [6.45, 7) is 0. The zero-order chi connectivity index (χ0) is 54.3. The second kappa shape index (κ2) is 17.6. The highest BCUT2D eigenvalue weighted by molar-refractivity contribution is 7.21. The van der Waals surface area contributed by atoms with Crippen LogP contribution >= 0.6 is 0 Å². The van der Waals surface area contributed by atoms with E-state index in [9.17, 15) is 0 Å². The summed E-state index contributed by atoms with van der Waals surface area (Å²) in [5, 5.41) is 19.9. The average molecular weight is 1070 g/mol. The van der Waals surface area contributed by atoms with Crippen LogP contribution in [0.25, 0.3) is 120 Å². The molecule has 0 bridgehead atoms. The predicted octanol–water partition coefficient (Wildman–Crippen LogP) is 18.1. The summed E-state index contributed by atoms with van der Waals surface area (Å²) in [6.07, 6.45) is 0. The van der Waals surface area contributed by atoms with E-state index in [2.05, 4.69) is 311 Å². The van der Waals surface area contributed by atoms with Crippen LogP contribution in [-0.2, 0) is 0 Å². The van der Waals surface area contributed by atoms with Crippen LogP contribution in [0, 0.1) is 0 Å². The third-order valence-corrected chi connectivity index (χ3v) is 22.9. The first-order valence-corrected chi connectivity index (χ1v) is 30.6. The van der Waals surface area contributed by atoms with E-state index in [-0.39, 0.29) is 0 Å². The van der Waals surface area contributed by atoms with Crippen molar-refractivity contribution in [1.82, 2.24) is 9.13 Å². The van der Waals surface area contributed by atoms with Crippen LogP contribution in [0.2, 0.25) is 0 Å². The van der Waals surface area contributed by atoms with Crippen LogP contribution in [0.1, 0.15) is 0 Å². The lowest BCUT2D eigenvalue weighted by atomic mass is 9.93. The number of hydrogen-bond donors (Lipinski definition) is 0. The van der Waals surface area contributed by atoms with Crippen molar-refractivity contribution in [3.63, 3.8) is 0 Å². The molecule has 0 fully saturated rings. The fourth-order valence-corrected chi connectivity index (χ4v) is 19.7. The Morgan fingerprint density at radius 3 is 1.28 bits per heavy atom. The van der Waals surface area contributed by atoms with E-state index < -0.39 is 8.07 Å². The van der Waals surface area contributed by atoms with Gasteiger partial charge in [-0.15, -0.1) is 0 Å². The first kappa shape index (κ1) is 46.1. The smallest absolute Gasteiger partial charge is 0.184 e. The number of fused-ring (bicyclic) bond motifs is 17. The number of benzene rings is 14. The molecule has 0 atom stereocenters. The van der Waals surface area contributed by atoms with Gasteiger partial charge < -0.3 is 18.5 Å². The summed E-state index contributed by atoms with van der Waals surface area (Å²) < 4.78 is 12.1. The standard InChI is InChI=1S/C78H49N3OSi/c1-5-21-52(22-6-1)79-69-34-18-17-33-61(69)64-43-50(37-40-70(64)79)51-38-41-71-65(44-51)66-45-54(39-42-72(66)80(71)53-23-7-2-8-24-53)81-73-35-19-20-36-77(73)83(55-25-9-3-10-26-55,56-27-11-4-12-28-56)78-48-68-67-46-62-59-31-15-13-29-57(59)58-30-14-16-32-60(58)63(62)47-75(67)82-76(68)49-74(78)81/h1-49H. The molecule has 0 radical (unpaired) electrons. The van der Waals surface area contributed by atoms with Gasteiger partial charge in [0, 0.05) is 61.1 Å². The molecule has 1 aliphatic heterocycles. The van der Waals surface area contributed by atoms with Gasteiger partial charge in [0.25, 0.3) is 0 Å². The number of rotatable bonds is 6. The largest absolute Gasteiger partial charge is 0.456 e. The van der Waals surface area contributed by atoms with Crippen LogP contribution in [0.4, 0.5) is 17.1 Å². The summed E-state index contributed by atoms with van der Waals surface area (Å²) in [4.78, 5) is 2.54. The number of hydrogen-bond acceptors (Lipinski definition) is 2. The third kappa shape index (κ3) is 6.56. The van der Waals surface area contributed by atoms with Gasteiger partial charge in [0.2, 0.25) is 0 Å². The molecule has 0 spiro atoms. The quantitative estimate of drug-likeness (QED) is 0.123. The van der Waals surface area contributed by atoms with E-state index in [4.69, 9.17) is 4.42 Å². The van der Waals surface area contributed by atoms with Crippen LogP contribution in [0.15, 0.2) is 302 Å². The maximum Gasteiger partial charge on any atom is 0.184 e. The molecule has 17 aromatic rings. The second-order valence-corrected chi connectivity index (χ2v) is 26.0. The molecule has 5 heteroatoms. The summed E-state index contributed by atoms with van der Waals surface area (Å²) in [5.41, 5.74) is 14.5. The van der Waals surface area contributed by atoms with Crippen LogP contribution in [0.3, 0.4) is 0 Å². The van der Waals surface area contributed by atoms with Crippen LogP contribution in [0.5, 0.6) is 0 Å². The Bertz CT molecular complexity index is 5470. The molecule has 386 valence electrons. The van der Waals surface area contributed by atoms with Gasteiger partial charge >= 0.3 is 0 Å². The molecule has 1 aliphatic rings. The van der Waals surface area contributed by atoms with Crippen molar-refractivity contribution >= 4 is 144 Å². The minimum absolute atomic E-state index is 0.867. The molecular formula is C78H49N3OSi. The average Bonchev–Trinajstić information content (AvgIpc) is 3.48. The van der Waals surface area contributed by atoms with E-state index >= 15 is 0 Å². The lowest BCUT2D eigenvalue weighted by molar-refractivity contribution is 0.669. The van der Waals surface area contributed by atoms with Gasteiger partial charge in [0.15, 0.2) is 8.07 Å². The van der Waals surface area contributed by atoms with E-state index in [0.29, 0.717) is 0 Å². The van der Waals surface area contributed by atoms with Crippen molar-refractivity contribution < 1.29 is 4.42 Å². The maximum atomic E-state index is 7.23. The number of nitrogens with zero attached hydrogens (tertiary/aromatic N) is 3. The Kier molecular flexibility index (Phi) is 9.79. The molecule has 14 aromatic carbocycles. The molecule has 4 heterocycles. The molecule has 0 saturated carbocycles. The van der Waals surface area contributed by atoms with Gasteiger partial charge in [0.05, 0.1) is 27.8 Å². The summed E-state index contributed by atoms with van der Waals surface area (Å²) in [5.74, 6) is 0. The Balaban J connectivity index is 0.902. The first-order valence-electron chi connectivity index (χ1n) is 28.6. The van der Waals surface area contributed by atoms with Crippen LogP contribution < -0.4 is 25.6 Å². The van der Waals surface area contributed by atoms with Crippen molar-refractivity contribution in [1.29, 1.82) is 0 Å². The highest BCUT2D eigenvalue weighted by atomic mass is 28.3. The maximum absolute atomic E-state index is 7.23. The molecule has 18 rings (SSSR count). The molecule has 4 nitrogen and oxygen atoms in total. The minimum atomic E-state index is -3.09. The number of furan rings is 1. The Labute approximate surface area is 479 Å². The molecule has 3 aromatic heterocycles. The van der Waals surface area contributed by atoms with E-state index in [1.165, 1.54) is 102 Å². The van der Waals surface area contributed by atoms with Crippen LogP contribution in [-0.4, -0.2) is 17.2 Å². The normalized spacial score (nSPS) is 13.1. The number of anilines is 3. The lowest BCUT2D eigenvalue weighted by Gasteiger charge is -2.45. The van der Waals surface area contributed by atoms with Gasteiger partial charge in [-0.25, -0.2) is 0 Å². The van der Waals surface area contributed by atoms with Gasteiger partial charge in [-0.1, -0.05) is 194 Å². The van der Waals surface area contributed by atoms with Crippen molar-refractivity contribution in [2.45, 2.75) is 0 Å². The van der Waals surface area contributed by atoms with Crippen molar-refractivity contribution in [2.24, 2.45) is 0 Å².